The molecule has 522 valence electrons. The largest absolute Gasteiger partial charge is 0.394 e. The highest BCUT2D eigenvalue weighted by molar-refractivity contribution is 5.76. The molecule has 7 atom stereocenters. The fourth-order valence-corrected chi connectivity index (χ4v) is 12.6. The molecule has 1 saturated heterocycles. The van der Waals surface area contributed by atoms with Crippen LogP contribution >= 0.6 is 0 Å². The number of carbonyl (C=O) groups is 1. The lowest BCUT2D eigenvalue weighted by atomic mass is 9.99. The van der Waals surface area contributed by atoms with E-state index >= 15 is 0 Å². The number of amides is 1. The van der Waals surface area contributed by atoms with Crippen LogP contribution in [-0.2, 0) is 14.3 Å². The minimum absolute atomic E-state index is 0.169. The van der Waals surface area contributed by atoms with Gasteiger partial charge in [-0.1, -0.05) is 383 Å². The van der Waals surface area contributed by atoms with Crippen molar-refractivity contribution in [1.29, 1.82) is 0 Å². The summed E-state index contributed by atoms with van der Waals surface area (Å²) in [6.45, 7) is 3.72. The van der Waals surface area contributed by atoms with Gasteiger partial charge in [-0.15, -0.1) is 0 Å². The first-order chi connectivity index (χ1) is 43.8. The Morgan fingerprint density at radius 2 is 0.697 bits per heavy atom. The number of carbonyl (C=O) groups excluding carboxylic acids is 1. The van der Waals surface area contributed by atoms with Gasteiger partial charge >= 0.3 is 0 Å². The van der Waals surface area contributed by atoms with E-state index in [-0.39, 0.29) is 12.5 Å². The second-order valence-corrected chi connectivity index (χ2v) is 27.1. The van der Waals surface area contributed by atoms with Gasteiger partial charge in [-0.25, -0.2) is 0 Å². The van der Waals surface area contributed by atoms with Gasteiger partial charge < -0.3 is 40.3 Å². The molecule has 0 aromatic carbocycles. The lowest BCUT2D eigenvalue weighted by molar-refractivity contribution is -0.302. The first-order valence-corrected chi connectivity index (χ1v) is 39.0. The van der Waals surface area contributed by atoms with Crippen molar-refractivity contribution in [2.24, 2.45) is 0 Å². The van der Waals surface area contributed by atoms with Crippen LogP contribution in [0.3, 0.4) is 0 Å². The van der Waals surface area contributed by atoms with Crippen molar-refractivity contribution >= 4 is 5.91 Å². The molecule has 1 amide bonds. The number of aliphatic hydroxyl groups is 5. The van der Waals surface area contributed by atoms with Gasteiger partial charge in [-0.2, -0.15) is 0 Å². The zero-order valence-electron chi connectivity index (χ0n) is 58.7. The van der Waals surface area contributed by atoms with Crippen molar-refractivity contribution in [3.63, 3.8) is 0 Å². The quantitative estimate of drug-likeness (QED) is 0.0261. The minimum Gasteiger partial charge on any atom is -0.394 e. The third-order valence-corrected chi connectivity index (χ3v) is 18.6. The van der Waals surface area contributed by atoms with Gasteiger partial charge in [-0.3, -0.25) is 4.79 Å². The van der Waals surface area contributed by atoms with Crippen LogP contribution in [0.25, 0.3) is 0 Å². The Morgan fingerprint density at radius 1 is 0.393 bits per heavy atom. The summed E-state index contributed by atoms with van der Waals surface area (Å²) in [6.07, 6.45) is 89.3. The monoisotopic (exact) mass is 1250 g/mol. The molecule has 7 unspecified atom stereocenters. The number of unbranched alkanes of at least 4 members (excludes halogenated alkanes) is 51. The van der Waals surface area contributed by atoms with E-state index in [1.54, 1.807) is 6.08 Å². The van der Waals surface area contributed by atoms with E-state index < -0.39 is 49.5 Å². The fourth-order valence-electron chi connectivity index (χ4n) is 12.6. The minimum atomic E-state index is -1.57. The van der Waals surface area contributed by atoms with Crippen LogP contribution in [0.2, 0.25) is 0 Å². The highest BCUT2D eigenvalue weighted by Gasteiger charge is 2.44. The zero-order valence-corrected chi connectivity index (χ0v) is 58.7. The standard InChI is InChI=1S/C80H149NO8/c1-3-5-7-9-11-13-15-17-19-21-23-25-27-29-31-33-35-36-37-38-40-42-44-46-48-50-52-54-56-58-60-62-64-66-68-70-76(84)81-73(72-88-80-79(87)78(86)77(85)75(71-82)89-80)74(83)69-67-65-63-61-59-57-55-53-51-49-47-45-43-41-39-34-32-30-28-26-24-22-20-18-16-14-12-10-8-6-4-2/h5,7,11,13,17,19,23,25,67,69,73-75,77-80,82-83,85-87H,3-4,6,8-10,12,14-16,18,20-22,24,26-66,68,70-72H2,1-2H3,(H,81,84)/b7-5-,13-11-,19-17-,25-23-,69-67+. The molecular weight excluding hydrogens is 1100 g/mol. The molecule has 0 aromatic heterocycles. The Hall–Kier alpha value is -2.11. The number of allylic oxidation sites excluding steroid dienone is 9. The lowest BCUT2D eigenvalue weighted by Gasteiger charge is -2.40. The molecule has 1 aliphatic heterocycles. The maximum Gasteiger partial charge on any atom is 0.220 e. The summed E-state index contributed by atoms with van der Waals surface area (Å²) in [4.78, 5) is 13.2. The van der Waals surface area contributed by atoms with Crippen molar-refractivity contribution < 1.29 is 39.8 Å². The van der Waals surface area contributed by atoms with Crippen LogP contribution in [-0.4, -0.2) is 87.5 Å². The van der Waals surface area contributed by atoms with E-state index in [2.05, 4.69) is 67.8 Å². The van der Waals surface area contributed by atoms with E-state index in [0.717, 1.165) is 64.2 Å². The molecule has 0 aromatic rings. The summed E-state index contributed by atoms with van der Waals surface area (Å²) in [7, 11) is 0. The Kier molecular flexibility index (Phi) is 65.6. The molecule has 1 rings (SSSR count). The lowest BCUT2D eigenvalue weighted by Crippen LogP contribution is -2.60. The van der Waals surface area contributed by atoms with E-state index in [1.807, 2.05) is 6.08 Å². The smallest absolute Gasteiger partial charge is 0.220 e. The summed E-state index contributed by atoms with van der Waals surface area (Å²) in [5, 5.41) is 54.9. The van der Waals surface area contributed by atoms with Gasteiger partial charge in [-0.05, 0) is 57.8 Å². The van der Waals surface area contributed by atoms with E-state index in [9.17, 15) is 30.3 Å². The number of hydrogen-bond donors (Lipinski definition) is 6. The van der Waals surface area contributed by atoms with Gasteiger partial charge in [0.15, 0.2) is 6.29 Å². The Morgan fingerprint density at radius 3 is 1.03 bits per heavy atom. The Labute approximate surface area is 551 Å². The van der Waals surface area contributed by atoms with Crippen LogP contribution in [0.1, 0.15) is 386 Å². The highest BCUT2D eigenvalue weighted by Crippen LogP contribution is 2.24. The van der Waals surface area contributed by atoms with Crippen molar-refractivity contribution in [1.82, 2.24) is 5.32 Å². The summed E-state index contributed by atoms with van der Waals surface area (Å²) in [5.41, 5.74) is 0. The van der Waals surface area contributed by atoms with Crippen LogP contribution < -0.4 is 5.32 Å². The van der Waals surface area contributed by atoms with Gasteiger partial charge in [0.1, 0.15) is 24.4 Å². The average molecular weight is 1250 g/mol. The normalized spacial score (nSPS) is 18.1. The second-order valence-electron chi connectivity index (χ2n) is 27.1. The molecule has 9 heteroatoms. The van der Waals surface area contributed by atoms with E-state index in [1.165, 1.54) is 302 Å². The van der Waals surface area contributed by atoms with E-state index in [4.69, 9.17) is 9.47 Å². The fraction of sp³-hybridized carbons (Fsp3) is 0.863. The first kappa shape index (κ1) is 84.9. The molecule has 6 N–H and O–H groups in total. The Bertz CT molecular complexity index is 1600. The van der Waals surface area contributed by atoms with Gasteiger partial charge in [0.05, 0.1) is 25.4 Å². The predicted octanol–water partition coefficient (Wildman–Crippen LogP) is 22.1. The predicted molar refractivity (Wildman–Crippen MR) is 382 cm³/mol. The number of rotatable bonds is 69. The molecule has 0 bridgehead atoms. The number of hydrogen-bond acceptors (Lipinski definition) is 8. The van der Waals surface area contributed by atoms with Gasteiger partial charge in [0.2, 0.25) is 5.91 Å². The number of nitrogens with one attached hydrogen (secondary N) is 1. The van der Waals surface area contributed by atoms with Crippen molar-refractivity contribution in [2.45, 2.75) is 429 Å². The Balaban J connectivity index is 2.07. The second kappa shape index (κ2) is 68.7. The molecule has 89 heavy (non-hydrogen) atoms. The maximum absolute atomic E-state index is 13.2. The molecule has 1 aliphatic rings. The van der Waals surface area contributed by atoms with Crippen LogP contribution in [0.5, 0.6) is 0 Å². The summed E-state index contributed by atoms with van der Waals surface area (Å²) in [5.74, 6) is -0.169. The number of ether oxygens (including phenoxy) is 2. The third-order valence-electron chi connectivity index (χ3n) is 18.6. The topological polar surface area (TPSA) is 149 Å². The van der Waals surface area contributed by atoms with Crippen molar-refractivity contribution in [2.75, 3.05) is 13.2 Å². The molecule has 9 nitrogen and oxygen atoms in total. The molecular formula is C80H149NO8. The van der Waals surface area contributed by atoms with Crippen molar-refractivity contribution in [3.8, 4) is 0 Å². The molecule has 0 radical (unpaired) electrons. The molecule has 0 spiro atoms. The maximum atomic E-state index is 13.2. The third kappa shape index (κ3) is 57.1. The highest BCUT2D eigenvalue weighted by atomic mass is 16.7. The molecule has 1 fully saturated rings. The van der Waals surface area contributed by atoms with Crippen LogP contribution in [0, 0.1) is 0 Å². The molecule has 0 saturated carbocycles. The molecule has 0 aliphatic carbocycles. The van der Waals surface area contributed by atoms with Gasteiger partial charge in [0, 0.05) is 6.42 Å². The summed E-state index contributed by atoms with van der Waals surface area (Å²) in [6, 6.07) is -0.807. The van der Waals surface area contributed by atoms with Crippen LogP contribution in [0.4, 0.5) is 0 Å². The zero-order chi connectivity index (χ0) is 64.2. The average Bonchev–Trinajstić information content (AvgIpc) is 2.28. The number of aliphatic hydroxyl groups excluding tert-OH is 5. The summed E-state index contributed by atoms with van der Waals surface area (Å²) < 4.78 is 11.3. The van der Waals surface area contributed by atoms with Crippen molar-refractivity contribution in [3.05, 3.63) is 60.8 Å². The molecule has 1 heterocycles. The van der Waals surface area contributed by atoms with E-state index in [0.29, 0.717) is 6.42 Å². The van der Waals surface area contributed by atoms with Gasteiger partial charge in [0.25, 0.3) is 0 Å². The van der Waals surface area contributed by atoms with Crippen LogP contribution in [0.15, 0.2) is 60.8 Å². The SMILES string of the molecule is CC/C=C\C/C=C\C/C=C\C/C=C\CCCCCCCCCCCCCCCCCCCCCCCCC(=O)NC(COC1OC(CO)C(O)C(O)C1O)C(O)/C=C/CCCCCCCCCCCCCCCCCCCCCCCCCCCCCCC. The summed E-state index contributed by atoms with van der Waals surface area (Å²) >= 11 is 0. The first-order valence-electron chi connectivity index (χ1n) is 39.0.